The summed E-state index contributed by atoms with van der Waals surface area (Å²) >= 11 is 0. The van der Waals surface area contributed by atoms with E-state index in [1.807, 2.05) is 6.92 Å². The maximum Gasteiger partial charge on any atom is 0.373 e. The normalized spacial score (nSPS) is 10.2. The fourth-order valence-corrected chi connectivity index (χ4v) is 1.16. The Hall–Kier alpha value is -2.44. The van der Waals surface area contributed by atoms with Crippen LogP contribution in [0.25, 0.3) is 11.6 Å². The van der Waals surface area contributed by atoms with Crippen LogP contribution in [0.1, 0.15) is 17.5 Å². The molecular formula is C10H9N3O4. The molecule has 0 amide bonds. The van der Waals surface area contributed by atoms with Gasteiger partial charge in [0, 0.05) is 0 Å². The number of carboxylic acids is 1. The van der Waals surface area contributed by atoms with Gasteiger partial charge >= 0.3 is 5.97 Å². The molecule has 0 radical (unpaired) electrons. The molecule has 0 aliphatic carbocycles. The molecule has 7 nitrogen and oxygen atoms in total. The third-order valence-corrected chi connectivity index (χ3v) is 1.84. The Morgan fingerprint density at radius 1 is 1.47 bits per heavy atom. The average molecular weight is 235 g/mol. The molecule has 2 aromatic heterocycles. The molecule has 0 aliphatic rings. The summed E-state index contributed by atoms with van der Waals surface area (Å²) in [6.07, 6.45) is 3.99. The van der Waals surface area contributed by atoms with Gasteiger partial charge in [0.15, 0.2) is 0 Å². The Kier molecular flexibility index (Phi) is 2.99. The Morgan fingerprint density at radius 2 is 2.29 bits per heavy atom. The summed E-state index contributed by atoms with van der Waals surface area (Å²) in [6, 6.07) is 0. The number of aromatic carboxylic acids is 1. The summed E-state index contributed by atoms with van der Waals surface area (Å²) in [6.45, 7) is 2.28. The van der Waals surface area contributed by atoms with Gasteiger partial charge in [0.1, 0.15) is 5.69 Å². The SMILES string of the molecule is CCOc1cncc(-c2ncc(C(=O)O)o2)n1. The van der Waals surface area contributed by atoms with Crippen LogP contribution in [0.2, 0.25) is 0 Å². The van der Waals surface area contributed by atoms with Gasteiger partial charge in [-0.15, -0.1) is 0 Å². The largest absolute Gasteiger partial charge is 0.477 e. The van der Waals surface area contributed by atoms with Crippen LogP contribution in [0.3, 0.4) is 0 Å². The predicted octanol–water partition coefficient (Wildman–Crippen LogP) is 1.23. The zero-order chi connectivity index (χ0) is 12.3. The number of ether oxygens (including phenoxy) is 1. The summed E-state index contributed by atoms with van der Waals surface area (Å²) in [5.41, 5.74) is 0.323. The molecule has 0 atom stereocenters. The number of carbonyl (C=O) groups is 1. The lowest BCUT2D eigenvalue weighted by Gasteiger charge is -2.01. The van der Waals surface area contributed by atoms with Crippen LogP contribution in [0.4, 0.5) is 0 Å². The van der Waals surface area contributed by atoms with Crippen LogP contribution < -0.4 is 4.74 Å². The predicted molar refractivity (Wildman–Crippen MR) is 55.7 cm³/mol. The van der Waals surface area contributed by atoms with Crippen LogP contribution in [-0.2, 0) is 0 Å². The molecule has 0 unspecified atom stereocenters. The molecule has 0 aromatic carbocycles. The van der Waals surface area contributed by atoms with Crippen molar-refractivity contribution in [1.82, 2.24) is 15.0 Å². The van der Waals surface area contributed by atoms with E-state index in [1.165, 1.54) is 12.4 Å². The number of hydrogen-bond donors (Lipinski definition) is 1. The number of hydrogen-bond acceptors (Lipinski definition) is 6. The highest BCUT2D eigenvalue weighted by Crippen LogP contribution is 2.18. The Morgan fingerprint density at radius 3 is 2.94 bits per heavy atom. The van der Waals surface area contributed by atoms with Crippen molar-refractivity contribution in [3.63, 3.8) is 0 Å². The third-order valence-electron chi connectivity index (χ3n) is 1.84. The number of aromatic nitrogens is 3. The summed E-state index contributed by atoms with van der Waals surface area (Å²) in [4.78, 5) is 22.4. The van der Waals surface area contributed by atoms with Gasteiger partial charge in [-0.05, 0) is 6.92 Å². The van der Waals surface area contributed by atoms with E-state index in [4.69, 9.17) is 14.3 Å². The zero-order valence-corrected chi connectivity index (χ0v) is 8.95. The lowest BCUT2D eigenvalue weighted by Crippen LogP contribution is -1.96. The summed E-state index contributed by atoms with van der Waals surface area (Å²) in [7, 11) is 0. The molecular weight excluding hydrogens is 226 g/mol. The molecule has 0 bridgehead atoms. The molecule has 0 fully saturated rings. The van der Waals surface area contributed by atoms with Crippen LogP contribution >= 0.6 is 0 Å². The van der Waals surface area contributed by atoms with Crippen molar-refractivity contribution in [2.24, 2.45) is 0 Å². The van der Waals surface area contributed by atoms with Crippen molar-refractivity contribution in [1.29, 1.82) is 0 Å². The van der Waals surface area contributed by atoms with E-state index >= 15 is 0 Å². The molecule has 0 aliphatic heterocycles. The van der Waals surface area contributed by atoms with Gasteiger partial charge in [-0.3, -0.25) is 4.98 Å². The van der Waals surface area contributed by atoms with Crippen molar-refractivity contribution < 1.29 is 19.1 Å². The fraction of sp³-hybridized carbons (Fsp3) is 0.200. The van der Waals surface area contributed by atoms with E-state index in [2.05, 4.69) is 15.0 Å². The van der Waals surface area contributed by atoms with E-state index in [0.717, 1.165) is 6.20 Å². The van der Waals surface area contributed by atoms with Crippen molar-refractivity contribution >= 4 is 5.97 Å². The number of nitrogens with zero attached hydrogens (tertiary/aromatic N) is 3. The molecule has 7 heteroatoms. The van der Waals surface area contributed by atoms with E-state index < -0.39 is 5.97 Å². The second kappa shape index (κ2) is 4.60. The van der Waals surface area contributed by atoms with E-state index in [0.29, 0.717) is 18.2 Å². The van der Waals surface area contributed by atoms with Crippen molar-refractivity contribution in [3.8, 4) is 17.5 Å². The molecule has 2 rings (SSSR count). The van der Waals surface area contributed by atoms with Crippen molar-refractivity contribution in [2.45, 2.75) is 6.92 Å². The number of carboxylic acid groups (broad SMARTS) is 1. The molecule has 0 saturated carbocycles. The minimum atomic E-state index is -1.18. The standard InChI is InChI=1S/C10H9N3O4/c1-2-16-8-5-11-3-6(13-8)9-12-4-7(17-9)10(14)15/h3-5H,2H2,1H3,(H,14,15). The van der Waals surface area contributed by atoms with Gasteiger partial charge < -0.3 is 14.3 Å². The monoisotopic (exact) mass is 235 g/mol. The Balaban J connectivity index is 2.31. The number of rotatable bonds is 4. The van der Waals surface area contributed by atoms with Gasteiger partial charge in [-0.1, -0.05) is 0 Å². The van der Waals surface area contributed by atoms with Crippen LogP contribution in [0, 0.1) is 0 Å². The lowest BCUT2D eigenvalue weighted by atomic mass is 10.4. The maximum absolute atomic E-state index is 10.6. The third kappa shape index (κ3) is 2.39. The lowest BCUT2D eigenvalue weighted by molar-refractivity contribution is 0.0663. The van der Waals surface area contributed by atoms with E-state index in [9.17, 15) is 4.79 Å². The second-order valence-electron chi connectivity index (χ2n) is 3.01. The van der Waals surface area contributed by atoms with E-state index in [1.54, 1.807) is 0 Å². The first-order chi connectivity index (χ1) is 8.20. The molecule has 0 spiro atoms. The quantitative estimate of drug-likeness (QED) is 0.850. The molecule has 0 saturated heterocycles. The van der Waals surface area contributed by atoms with Gasteiger partial charge in [0.05, 0.1) is 25.2 Å². The highest BCUT2D eigenvalue weighted by Gasteiger charge is 2.13. The van der Waals surface area contributed by atoms with Crippen LogP contribution in [0.15, 0.2) is 23.0 Å². The van der Waals surface area contributed by atoms with Crippen LogP contribution in [-0.4, -0.2) is 32.6 Å². The fourth-order valence-electron chi connectivity index (χ4n) is 1.16. The highest BCUT2D eigenvalue weighted by molar-refractivity contribution is 5.84. The first kappa shape index (κ1) is 11.1. The molecule has 2 heterocycles. The van der Waals surface area contributed by atoms with Crippen molar-refractivity contribution in [2.75, 3.05) is 6.61 Å². The summed E-state index contributed by atoms with van der Waals surface area (Å²) in [5, 5.41) is 8.69. The molecule has 2 aromatic rings. The second-order valence-corrected chi connectivity index (χ2v) is 3.01. The maximum atomic E-state index is 10.6. The van der Waals surface area contributed by atoms with E-state index in [-0.39, 0.29) is 11.7 Å². The summed E-state index contributed by atoms with van der Waals surface area (Å²) in [5.74, 6) is -1.00. The average Bonchev–Trinajstić information content (AvgIpc) is 2.79. The molecule has 17 heavy (non-hydrogen) atoms. The van der Waals surface area contributed by atoms with Gasteiger partial charge in [0.2, 0.25) is 17.5 Å². The van der Waals surface area contributed by atoms with Gasteiger partial charge in [-0.25, -0.2) is 14.8 Å². The van der Waals surface area contributed by atoms with Gasteiger partial charge in [0.25, 0.3) is 0 Å². The van der Waals surface area contributed by atoms with Gasteiger partial charge in [-0.2, -0.15) is 0 Å². The molecule has 88 valence electrons. The first-order valence-electron chi connectivity index (χ1n) is 4.85. The Bertz CT molecular complexity index is 538. The highest BCUT2D eigenvalue weighted by atomic mass is 16.5. The minimum absolute atomic E-state index is 0.0939. The number of oxazole rings is 1. The smallest absolute Gasteiger partial charge is 0.373 e. The molecule has 1 N–H and O–H groups in total. The first-order valence-corrected chi connectivity index (χ1v) is 4.85. The zero-order valence-electron chi connectivity index (χ0n) is 8.95. The van der Waals surface area contributed by atoms with Crippen molar-refractivity contribution in [3.05, 3.63) is 24.4 Å². The Labute approximate surface area is 96.1 Å². The van der Waals surface area contributed by atoms with Crippen LogP contribution in [0.5, 0.6) is 5.88 Å². The summed E-state index contributed by atoms with van der Waals surface area (Å²) < 4.78 is 10.2. The topological polar surface area (TPSA) is 98.3 Å². The minimum Gasteiger partial charge on any atom is -0.477 e.